The van der Waals surface area contributed by atoms with Gasteiger partial charge >= 0.3 is 0 Å². The maximum Gasteiger partial charge on any atom is 0.297 e. The molecule has 6 nitrogen and oxygen atoms in total. The van der Waals surface area contributed by atoms with Gasteiger partial charge in [-0.2, -0.15) is 0 Å². The molecule has 0 spiro atoms. The number of rotatable bonds is 2. The van der Waals surface area contributed by atoms with Crippen molar-refractivity contribution in [2.45, 2.75) is 6.04 Å². The molecular formula is C23H12FN3O3S. The number of carbonyl (C=O) groups is 1. The fourth-order valence-corrected chi connectivity index (χ4v) is 4.94. The van der Waals surface area contributed by atoms with Gasteiger partial charge in [-0.05, 0) is 42.5 Å². The van der Waals surface area contributed by atoms with Crippen molar-refractivity contribution in [1.29, 1.82) is 0 Å². The molecule has 2 aromatic carbocycles. The van der Waals surface area contributed by atoms with E-state index in [1.165, 1.54) is 28.4 Å². The van der Waals surface area contributed by atoms with E-state index in [2.05, 4.69) is 9.97 Å². The number of halogens is 1. The SMILES string of the molecule is O=C1c2oc3ccccc3c(=O)c2C(c2ccccn2)N1c1nc2ccc(F)cc2s1. The number of fused-ring (bicyclic) bond motifs is 3. The second-order valence-corrected chi connectivity index (χ2v) is 8.12. The third-order valence-electron chi connectivity index (χ3n) is 5.29. The minimum Gasteiger partial charge on any atom is -0.450 e. The first kappa shape index (κ1) is 17.9. The molecule has 1 aliphatic heterocycles. The van der Waals surface area contributed by atoms with Crippen molar-refractivity contribution in [2.24, 2.45) is 0 Å². The number of anilines is 1. The van der Waals surface area contributed by atoms with E-state index in [9.17, 15) is 14.0 Å². The Morgan fingerprint density at radius 2 is 1.87 bits per heavy atom. The number of para-hydroxylation sites is 1. The van der Waals surface area contributed by atoms with Crippen LogP contribution >= 0.6 is 11.3 Å². The van der Waals surface area contributed by atoms with Crippen molar-refractivity contribution in [2.75, 3.05) is 4.90 Å². The standard InChI is InChI=1S/C23H12FN3O3S/c24-12-8-9-14-17(11-12)31-23(26-14)27-19(15-6-3-4-10-25-15)18-20(28)13-5-1-2-7-16(13)30-21(18)22(27)29/h1-11,19H. The molecule has 150 valence electrons. The summed E-state index contributed by atoms with van der Waals surface area (Å²) in [6.07, 6.45) is 1.60. The molecule has 1 amide bonds. The van der Waals surface area contributed by atoms with E-state index < -0.39 is 11.9 Å². The average Bonchev–Trinajstić information content (AvgIpc) is 3.33. The van der Waals surface area contributed by atoms with Crippen LogP contribution < -0.4 is 10.3 Å². The molecule has 4 heterocycles. The minimum absolute atomic E-state index is 0.0233. The summed E-state index contributed by atoms with van der Waals surface area (Å²) in [4.78, 5) is 37.2. The van der Waals surface area contributed by atoms with Crippen LogP contribution in [0, 0.1) is 5.82 Å². The summed E-state index contributed by atoms with van der Waals surface area (Å²) in [5.41, 5.74) is 1.37. The Balaban J connectivity index is 1.64. The van der Waals surface area contributed by atoms with Crippen LogP contribution in [0.3, 0.4) is 0 Å². The van der Waals surface area contributed by atoms with Gasteiger partial charge < -0.3 is 4.42 Å². The number of carbonyl (C=O) groups excluding carboxylic acids is 1. The van der Waals surface area contributed by atoms with Gasteiger partial charge in [-0.1, -0.05) is 29.5 Å². The van der Waals surface area contributed by atoms with Gasteiger partial charge in [0.2, 0.25) is 5.76 Å². The van der Waals surface area contributed by atoms with Gasteiger partial charge in [-0.3, -0.25) is 19.5 Å². The van der Waals surface area contributed by atoms with E-state index in [1.54, 1.807) is 54.7 Å². The third-order valence-corrected chi connectivity index (χ3v) is 6.31. The molecule has 5 aromatic rings. The lowest BCUT2D eigenvalue weighted by Crippen LogP contribution is -2.29. The molecule has 6 rings (SSSR count). The highest BCUT2D eigenvalue weighted by Gasteiger charge is 2.45. The first-order chi connectivity index (χ1) is 15.1. The van der Waals surface area contributed by atoms with Crippen LogP contribution in [0.25, 0.3) is 21.2 Å². The monoisotopic (exact) mass is 429 g/mol. The Hall–Kier alpha value is -3.91. The first-order valence-corrected chi connectivity index (χ1v) is 10.3. The molecular weight excluding hydrogens is 417 g/mol. The first-order valence-electron chi connectivity index (χ1n) is 9.48. The average molecular weight is 429 g/mol. The number of nitrogens with zero attached hydrogens (tertiary/aromatic N) is 3. The van der Waals surface area contributed by atoms with Crippen molar-refractivity contribution in [3.8, 4) is 0 Å². The molecule has 0 fully saturated rings. The van der Waals surface area contributed by atoms with Crippen molar-refractivity contribution in [1.82, 2.24) is 9.97 Å². The van der Waals surface area contributed by atoms with E-state index in [1.807, 2.05) is 0 Å². The van der Waals surface area contributed by atoms with Crippen molar-refractivity contribution >= 4 is 43.6 Å². The second kappa shape index (κ2) is 6.55. The normalized spacial score (nSPS) is 15.7. The van der Waals surface area contributed by atoms with Crippen LogP contribution in [0.2, 0.25) is 0 Å². The summed E-state index contributed by atoms with van der Waals surface area (Å²) in [6.45, 7) is 0. The summed E-state index contributed by atoms with van der Waals surface area (Å²) in [5, 5.41) is 0.735. The third kappa shape index (κ3) is 2.62. The van der Waals surface area contributed by atoms with Gasteiger partial charge in [-0.15, -0.1) is 0 Å². The van der Waals surface area contributed by atoms with E-state index in [0.717, 1.165) is 0 Å². The van der Waals surface area contributed by atoms with Crippen LogP contribution in [-0.2, 0) is 0 Å². The zero-order chi connectivity index (χ0) is 21.1. The molecule has 0 saturated carbocycles. The Labute approximate surface area is 178 Å². The molecule has 0 saturated heterocycles. The van der Waals surface area contributed by atoms with Crippen LogP contribution in [0.1, 0.15) is 27.9 Å². The number of amides is 1. The topological polar surface area (TPSA) is 76.3 Å². The highest BCUT2D eigenvalue weighted by molar-refractivity contribution is 7.22. The van der Waals surface area contributed by atoms with Crippen LogP contribution in [0.15, 0.2) is 76.1 Å². The van der Waals surface area contributed by atoms with Gasteiger partial charge in [0, 0.05) is 6.20 Å². The molecule has 1 aliphatic rings. The number of benzene rings is 2. The van der Waals surface area contributed by atoms with Crippen LogP contribution in [-0.4, -0.2) is 15.9 Å². The lowest BCUT2D eigenvalue weighted by Gasteiger charge is -2.21. The van der Waals surface area contributed by atoms with Crippen molar-refractivity contribution in [3.05, 3.63) is 99.9 Å². The fourth-order valence-electron chi connectivity index (χ4n) is 3.92. The maximum absolute atomic E-state index is 13.7. The summed E-state index contributed by atoms with van der Waals surface area (Å²) in [5.74, 6) is -0.888. The number of pyridine rings is 1. The molecule has 31 heavy (non-hydrogen) atoms. The minimum atomic E-state index is -0.796. The molecule has 0 bridgehead atoms. The van der Waals surface area contributed by atoms with Crippen molar-refractivity contribution in [3.63, 3.8) is 0 Å². The fraction of sp³-hybridized carbons (Fsp3) is 0.0435. The number of aromatic nitrogens is 2. The molecule has 1 atom stereocenters. The quantitative estimate of drug-likeness (QED) is 0.407. The number of hydrogen-bond donors (Lipinski definition) is 0. The molecule has 8 heteroatoms. The largest absolute Gasteiger partial charge is 0.450 e. The lowest BCUT2D eigenvalue weighted by atomic mass is 10.0. The Kier molecular flexibility index (Phi) is 3.78. The summed E-state index contributed by atoms with van der Waals surface area (Å²) in [6, 6.07) is 15.6. The van der Waals surface area contributed by atoms with E-state index >= 15 is 0 Å². The molecule has 0 radical (unpaired) electrons. The number of thiazole rings is 1. The van der Waals surface area contributed by atoms with E-state index in [-0.39, 0.29) is 22.6 Å². The summed E-state index contributed by atoms with van der Waals surface area (Å²) < 4.78 is 20.2. The molecule has 3 aromatic heterocycles. The summed E-state index contributed by atoms with van der Waals surface area (Å²) in [7, 11) is 0. The zero-order valence-corrected chi connectivity index (χ0v) is 16.6. The summed E-state index contributed by atoms with van der Waals surface area (Å²) >= 11 is 1.17. The smallest absolute Gasteiger partial charge is 0.297 e. The Morgan fingerprint density at radius 1 is 1.03 bits per heavy atom. The number of hydrogen-bond acceptors (Lipinski definition) is 6. The molecule has 0 aliphatic carbocycles. The lowest BCUT2D eigenvalue weighted by molar-refractivity contribution is 0.0970. The Morgan fingerprint density at radius 3 is 2.71 bits per heavy atom. The maximum atomic E-state index is 13.7. The van der Waals surface area contributed by atoms with E-state index in [4.69, 9.17) is 4.42 Å². The molecule has 1 unspecified atom stereocenters. The van der Waals surface area contributed by atoms with Gasteiger partial charge in [0.05, 0.1) is 26.9 Å². The van der Waals surface area contributed by atoms with Gasteiger partial charge in [0.1, 0.15) is 17.4 Å². The second-order valence-electron chi connectivity index (χ2n) is 7.11. The Bertz CT molecular complexity index is 1560. The van der Waals surface area contributed by atoms with Gasteiger partial charge in [0.25, 0.3) is 5.91 Å². The predicted molar refractivity (Wildman–Crippen MR) is 115 cm³/mol. The zero-order valence-electron chi connectivity index (χ0n) is 15.8. The van der Waals surface area contributed by atoms with Gasteiger partial charge in [-0.25, -0.2) is 9.37 Å². The van der Waals surface area contributed by atoms with Crippen LogP contribution in [0.5, 0.6) is 0 Å². The highest BCUT2D eigenvalue weighted by Crippen LogP contribution is 2.43. The highest BCUT2D eigenvalue weighted by atomic mass is 32.1. The van der Waals surface area contributed by atoms with Crippen LogP contribution in [0.4, 0.5) is 9.52 Å². The van der Waals surface area contributed by atoms with E-state index in [0.29, 0.717) is 32.0 Å². The van der Waals surface area contributed by atoms with Crippen molar-refractivity contribution < 1.29 is 13.6 Å². The van der Waals surface area contributed by atoms with Gasteiger partial charge in [0.15, 0.2) is 10.6 Å². The molecule has 0 N–H and O–H groups in total. The predicted octanol–water partition coefficient (Wildman–Crippen LogP) is 4.69.